The zero-order valence-corrected chi connectivity index (χ0v) is 13.6. The van der Waals surface area contributed by atoms with Crippen molar-refractivity contribution in [1.82, 2.24) is 14.5 Å². The number of hydrogen-bond donors (Lipinski definition) is 1. The molecule has 0 saturated heterocycles. The van der Waals surface area contributed by atoms with E-state index < -0.39 is 0 Å². The van der Waals surface area contributed by atoms with Crippen LogP contribution in [0.25, 0.3) is 11.0 Å². The van der Waals surface area contributed by atoms with Crippen LogP contribution in [-0.4, -0.2) is 14.5 Å². The van der Waals surface area contributed by atoms with Gasteiger partial charge in [0.05, 0.1) is 20.6 Å². The average molecular weight is 399 g/mol. The molecule has 102 valence electrons. The normalized spacial score (nSPS) is 12.8. The lowest BCUT2D eigenvalue weighted by molar-refractivity contribution is 0.616. The van der Waals surface area contributed by atoms with Gasteiger partial charge in [0, 0.05) is 18.5 Å². The smallest absolute Gasteiger partial charge is 0.178 e. The van der Waals surface area contributed by atoms with Gasteiger partial charge in [-0.3, -0.25) is 4.98 Å². The summed E-state index contributed by atoms with van der Waals surface area (Å²) in [5.74, 6) is -0.237. The molecule has 3 rings (SSSR count). The van der Waals surface area contributed by atoms with Crippen LogP contribution in [0.4, 0.5) is 4.39 Å². The molecule has 3 aromatic rings. The van der Waals surface area contributed by atoms with Crippen LogP contribution in [0.5, 0.6) is 0 Å². The van der Waals surface area contributed by atoms with Crippen LogP contribution in [0.3, 0.4) is 0 Å². The second-order valence-electron chi connectivity index (χ2n) is 4.55. The monoisotopic (exact) mass is 399 g/mol. The number of imidazole rings is 1. The lowest BCUT2D eigenvalue weighted by atomic mass is 10.1. The summed E-state index contributed by atoms with van der Waals surface area (Å²) in [7, 11) is 0. The van der Waals surface area contributed by atoms with Crippen LogP contribution in [0.1, 0.15) is 18.5 Å². The Morgan fingerprint density at radius 2 is 2.25 bits per heavy atom. The second kappa shape index (κ2) is 5.25. The Morgan fingerprint density at radius 1 is 1.45 bits per heavy atom. The molecule has 2 heterocycles. The van der Waals surface area contributed by atoms with Gasteiger partial charge in [-0.25, -0.2) is 4.39 Å². The highest BCUT2D eigenvalue weighted by Crippen LogP contribution is 2.26. The molecule has 1 atom stereocenters. The Morgan fingerprint density at radius 3 is 2.95 bits per heavy atom. The largest absolute Gasteiger partial charge is 0.331 e. The van der Waals surface area contributed by atoms with E-state index in [0.29, 0.717) is 8.34 Å². The number of aromatic amines is 1. The van der Waals surface area contributed by atoms with Gasteiger partial charge < -0.3 is 9.55 Å². The summed E-state index contributed by atoms with van der Waals surface area (Å²) < 4.78 is 16.9. The maximum Gasteiger partial charge on any atom is 0.178 e. The fraction of sp³-hybridized carbons (Fsp3) is 0.143. The molecule has 0 bridgehead atoms. The van der Waals surface area contributed by atoms with Gasteiger partial charge in [0.15, 0.2) is 4.77 Å². The minimum atomic E-state index is -0.237. The zero-order chi connectivity index (χ0) is 14.3. The fourth-order valence-electron chi connectivity index (χ4n) is 2.28. The summed E-state index contributed by atoms with van der Waals surface area (Å²) in [4.78, 5) is 7.26. The van der Waals surface area contributed by atoms with E-state index in [1.165, 1.54) is 6.07 Å². The lowest BCUT2D eigenvalue weighted by Crippen LogP contribution is -2.07. The number of hydrogen-bond acceptors (Lipinski definition) is 2. The summed E-state index contributed by atoms with van der Waals surface area (Å²) in [6.45, 7) is 2.02. The standard InChI is InChI=1S/C14H11FIN3S/c1-8(9-3-2-4-17-7-9)19-13-5-10(15)11(16)6-12(13)18-14(19)20/h2-8H,1H3,(H,18,20). The van der Waals surface area contributed by atoms with Crippen molar-refractivity contribution in [1.29, 1.82) is 0 Å². The van der Waals surface area contributed by atoms with Crippen LogP contribution >= 0.6 is 34.8 Å². The molecule has 0 fully saturated rings. The maximum absolute atomic E-state index is 13.8. The first-order valence-corrected chi connectivity index (χ1v) is 7.56. The number of benzene rings is 1. The van der Waals surface area contributed by atoms with Crippen molar-refractivity contribution in [3.05, 3.63) is 56.4 Å². The van der Waals surface area contributed by atoms with Crippen LogP contribution in [0.2, 0.25) is 0 Å². The Labute approximate surface area is 134 Å². The molecular formula is C14H11FIN3S. The number of aromatic nitrogens is 3. The van der Waals surface area contributed by atoms with Gasteiger partial charge in [-0.15, -0.1) is 0 Å². The fourth-order valence-corrected chi connectivity index (χ4v) is 3.11. The molecule has 0 aliphatic heterocycles. The van der Waals surface area contributed by atoms with Gasteiger partial charge in [-0.2, -0.15) is 0 Å². The van der Waals surface area contributed by atoms with E-state index in [1.807, 2.05) is 46.2 Å². The van der Waals surface area contributed by atoms with Crippen molar-refractivity contribution in [2.75, 3.05) is 0 Å². The summed E-state index contributed by atoms with van der Waals surface area (Å²) in [5, 5.41) is 0. The highest BCUT2D eigenvalue weighted by Gasteiger charge is 2.15. The molecule has 0 spiro atoms. The molecular weight excluding hydrogens is 388 g/mol. The van der Waals surface area contributed by atoms with Gasteiger partial charge in [0.1, 0.15) is 5.82 Å². The quantitative estimate of drug-likeness (QED) is 0.511. The van der Waals surface area contributed by atoms with E-state index in [2.05, 4.69) is 9.97 Å². The van der Waals surface area contributed by atoms with Gasteiger partial charge in [-0.05, 0) is 59.4 Å². The maximum atomic E-state index is 13.8. The van der Waals surface area contributed by atoms with E-state index in [0.717, 1.165) is 16.6 Å². The van der Waals surface area contributed by atoms with Crippen molar-refractivity contribution in [3.8, 4) is 0 Å². The van der Waals surface area contributed by atoms with Crippen molar-refractivity contribution in [3.63, 3.8) is 0 Å². The first-order valence-electron chi connectivity index (χ1n) is 6.07. The minimum Gasteiger partial charge on any atom is -0.331 e. The molecule has 6 heteroatoms. The SMILES string of the molecule is CC(c1cccnc1)n1c(=S)[nH]c2cc(I)c(F)cc21. The number of pyridine rings is 1. The summed E-state index contributed by atoms with van der Waals surface area (Å²) in [6.07, 6.45) is 3.53. The van der Waals surface area contributed by atoms with E-state index in [1.54, 1.807) is 18.5 Å². The molecule has 1 N–H and O–H groups in total. The van der Waals surface area contributed by atoms with Crippen LogP contribution in [0.15, 0.2) is 36.7 Å². The number of halogens is 2. The first kappa shape index (κ1) is 13.7. The first-order chi connectivity index (χ1) is 9.58. The summed E-state index contributed by atoms with van der Waals surface area (Å²) in [5.41, 5.74) is 2.64. The van der Waals surface area contributed by atoms with Crippen LogP contribution in [0, 0.1) is 14.2 Å². The summed E-state index contributed by atoms with van der Waals surface area (Å²) >= 11 is 7.35. The highest BCUT2D eigenvalue weighted by atomic mass is 127. The minimum absolute atomic E-state index is 0.00980. The predicted molar refractivity (Wildman–Crippen MR) is 87.8 cm³/mol. The zero-order valence-electron chi connectivity index (χ0n) is 10.6. The molecule has 0 aliphatic carbocycles. The van der Waals surface area contributed by atoms with E-state index in [4.69, 9.17) is 12.2 Å². The molecule has 3 nitrogen and oxygen atoms in total. The van der Waals surface area contributed by atoms with Gasteiger partial charge in [0.2, 0.25) is 0 Å². The van der Waals surface area contributed by atoms with E-state index in [9.17, 15) is 4.39 Å². The van der Waals surface area contributed by atoms with E-state index in [-0.39, 0.29) is 11.9 Å². The molecule has 1 aromatic carbocycles. The second-order valence-corrected chi connectivity index (χ2v) is 6.09. The number of rotatable bonds is 2. The highest BCUT2D eigenvalue weighted by molar-refractivity contribution is 14.1. The molecule has 0 saturated carbocycles. The van der Waals surface area contributed by atoms with Crippen molar-refractivity contribution in [2.45, 2.75) is 13.0 Å². The topological polar surface area (TPSA) is 33.6 Å². The van der Waals surface area contributed by atoms with Crippen LogP contribution < -0.4 is 0 Å². The molecule has 0 radical (unpaired) electrons. The third-order valence-electron chi connectivity index (χ3n) is 3.31. The molecule has 0 amide bonds. The number of H-pyrrole nitrogens is 1. The Balaban J connectivity index is 2.24. The Hall–Kier alpha value is -1.28. The Kier molecular flexibility index (Phi) is 3.59. The van der Waals surface area contributed by atoms with Gasteiger partial charge in [0.25, 0.3) is 0 Å². The Bertz CT molecular complexity index is 826. The van der Waals surface area contributed by atoms with Crippen molar-refractivity contribution in [2.24, 2.45) is 0 Å². The van der Waals surface area contributed by atoms with E-state index >= 15 is 0 Å². The molecule has 20 heavy (non-hydrogen) atoms. The lowest BCUT2D eigenvalue weighted by Gasteiger charge is -2.14. The molecule has 1 unspecified atom stereocenters. The number of fused-ring (bicyclic) bond motifs is 1. The van der Waals surface area contributed by atoms with Crippen molar-refractivity contribution >= 4 is 45.8 Å². The summed E-state index contributed by atoms with van der Waals surface area (Å²) in [6, 6.07) is 7.16. The molecule has 0 aliphatic rings. The number of nitrogens with one attached hydrogen (secondary N) is 1. The van der Waals surface area contributed by atoms with Crippen molar-refractivity contribution < 1.29 is 4.39 Å². The number of nitrogens with zero attached hydrogens (tertiary/aromatic N) is 2. The average Bonchev–Trinajstić information content (AvgIpc) is 2.75. The van der Waals surface area contributed by atoms with Crippen LogP contribution in [-0.2, 0) is 0 Å². The van der Waals surface area contributed by atoms with Gasteiger partial charge >= 0.3 is 0 Å². The predicted octanol–water partition coefficient (Wildman–Crippen LogP) is 4.45. The van der Waals surface area contributed by atoms with Gasteiger partial charge in [-0.1, -0.05) is 6.07 Å². The third kappa shape index (κ3) is 2.26. The molecule has 2 aromatic heterocycles. The third-order valence-corrected chi connectivity index (χ3v) is 4.44.